The number of hydrogen-bond acceptors (Lipinski definition) is 3. The molecule has 0 aliphatic heterocycles. The standard InChI is InChI=1S/C16H21BrN2S/c1-4-7-18-15(9-16-19-12(3)10-20-16)13-5-6-14(17)11(2)8-13/h5-6,8,10,15,18H,4,7,9H2,1-3H3. The van der Waals surface area contributed by atoms with Gasteiger partial charge in [-0.2, -0.15) is 0 Å². The normalized spacial score (nSPS) is 12.6. The van der Waals surface area contributed by atoms with Gasteiger partial charge < -0.3 is 5.32 Å². The van der Waals surface area contributed by atoms with E-state index in [0.29, 0.717) is 6.04 Å². The van der Waals surface area contributed by atoms with Gasteiger partial charge in [0.2, 0.25) is 0 Å². The van der Waals surface area contributed by atoms with Crippen molar-refractivity contribution in [3.8, 4) is 0 Å². The Morgan fingerprint density at radius 2 is 2.15 bits per heavy atom. The molecule has 0 radical (unpaired) electrons. The maximum atomic E-state index is 4.59. The second kappa shape index (κ2) is 7.34. The summed E-state index contributed by atoms with van der Waals surface area (Å²) in [6.07, 6.45) is 2.10. The average Bonchev–Trinajstić information content (AvgIpc) is 2.83. The van der Waals surface area contributed by atoms with E-state index in [9.17, 15) is 0 Å². The molecular formula is C16H21BrN2S. The lowest BCUT2D eigenvalue weighted by atomic mass is 10.0. The Morgan fingerprint density at radius 1 is 1.35 bits per heavy atom. The summed E-state index contributed by atoms with van der Waals surface area (Å²) in [5.41, 5.74) is 3.74. The van der Waals surface area contributed by atoms with E-state index >= 15 is 0 Å². The topological polar surface area (TPSA) is 24.9 Å². The third-order valence-electron chi connectivity index (χ3n) is 3.27. The minimum absolute atomic E-state index is 0.340. The second-order valence-electron chi connectivity index (χ2n) is 5.10. The van der Waals surface area contributed by atoms with Crippen LogP contribution in [0.2, 0.25) is 0 Å². The van der Waals surface area contributed by atoms with E-state index in [1.165, 1.54) is 20.6 Å². The van der Waals surface area contributed by atoms with E-state index in [4.69, 9.17) is 0 Å². The summed E-state index contributed by atoms with van der Waals surface area (Å²) >= 11 is 5.32. The Labute approximate surface area is 133 Å². The molecule has 108 valence electrons. The smallest absolute Gasteiger partial charge is 0.0947 e. The van der Waals surface area contributed by atoms with Crippen molar-refractivity contribution in [3.05, 3.63) is 49.9 Å². The molecule has 20 heavy (non-hydrogen) atoms. The molecule has 2 rings (SSSR count). The number of aryl methyl sites for hydroxylation is 2. The number of benzene rings is 1. The lowest BCUT2D eigenvalue weighted by Gasteiger charge is -2.19. The summed E-state index contributed by atoms with van der Waals surface area (Å²) in [4.78, 5) is 4.59. The van der Waals surface area contributed by atoms with Crippen LogP contribution in [0.5, 0.6) is 0 Å². The fourth-order valence-corrected chi connectivity index (χ4v) is 3.25. The monoisotopic (exact) mass is 352 g/mol. The minimum atomic E-state index is 0.340. The fraction of sp³-hybridized carbons (Fsp3) is 0.438. The van der Waals surface area contributed by atoms with E-state index < -0.39 is 0 Å². The summed E-state index contributed by atoms with van der Waals surface area (Å²) in [6.45, 7) is 7.42. The minimum Gasteiger partial charge on any atom is -0.310 e. The van der Waals surface area contributed by atoms with Gasteiger partial charge in [-0.3, -0.25) is 0 Å². The highest BCUT2D eigenvalue weighted by atomic mass is 79.9. The molecule has 0 saturated carbocycles. The maximum absolute atomic E-state index is 4.59. The average molecular weight is 353 g/mol. The number of nitrogens with zero attached hydrogens (tertiary/aromatic N) is 1. The zero-order chi connectivity index (χ0) is 14.5. The Balaban J connectivity index is 2.19. The molecule has 2 nitrogen and oxygen atoms in total. The van der Waals surface area contributed by atoms with Gasteiger partial charge in [-0.05, 0) is 44.0 Å². The van der Waals surface area contributed by atoms with Crippen LogP contribution in [0.3, 0.4) is 0 Å². The zero-order valence-electron chi connectivity index (χ0n) is 12.2. The van der Waals surface area contributed by atoms with Gasteiger partial charge in [0.15, 0.2) is 0 Å². The van der Waals surface area contributed by atoms with E-state index in [2.05, 4.69) is 70.6 Å². The van der Waals surface area contributed by atoms with E-state index in [-0.39, 0.29) is 0 Å². The first kappa shape index (κ1) is 15.7. The van der Waals surface area contributed by atoms with Gasteiger partial charge in [-0.25, -0.2) is 4.98 Å². The van der Waals surface area contributed by atoms with Gasteiger partial charge in [0.25, 0.3) is 0 Å². The molecule has 4 heteroatoms. The van der Waals surface area contributed by atoms with Crippen LogP contribution in [0.15, 0.2) is 28.1 Å². The quantitative estimate of drug-likeness (QED) is 0.806. The largest absolute Gasteiger partial charge is 0.310 e. The molecule has 0 saturated heterocycles. The van der Waals surface area contributed by atoms with Crippen molar-refractivity contribution in [1.29, 1.82) is 0 Å². The van der Waals surface area contributed by atoms with Crippen LogP contribution in [-0.2, 0) is 6.42 Å². The van der Waals surface area contributed by atoms with Gasteiger partial charge in [0.05, 0.1) is 5.01 Å². The maximum Gasteiger partial charge on any atom is 0.0947 e. The molecule has 0 aliphatic carbocycles. The van der Waals surface area contributed by atoms with Gasteiger partial charge in [0, 0.05) is 28.0 Å². The first-order chi connectivity index (χ1) is 9.60. The summed E-state index contributed by atoms with van der Waals surface area (Å²) in [5.74, 6) is 0. The molecule has 2 aromatic rings. The number of halogens is 1. The Hall–Kier alpha value is -0.710. The summed E-state index contributed by atoms with van der Waals surface area (Å²) < 4.78 is 1.17. The number of thiazole rings is 1. The first-order valence-corrected chi connectivity index (χ1v) is 8.68. The van der Waals surface area contributed by atoms with E-state index in [0.717, 1.165) is 25.1 Å². The van der Waals surface area contributed by atoms with Crippen molar-refractivity contribution in [2.75, 3.05) is 6.54 Å². The summed E-state index contributed by atoms with van der Waals surface area (Å²) in [5, 5.41) is 6.97. The van der Waals surface area contributed by atoms with Gasteiger partial charge in [-0.15, -0.1) is 11.3 Å². The van der Waals surface area contributed by atoms with Gasteiger partial charge in [0.1, 0.15) is 0 Å². The fourth-order valence-electron chi connectivity index (χ4n) is 2.18. The van der Waals surface area contributed by atoms with Crippen LogP contribution in [0.25, 0.3) is 0 Å². The SMILES string of the molecule is CCCNC(Cc1nc(C)cs1)c1ccc(Br)c(C)c1. The first-order valence-electron chi connectivity index (χ1n) is 7.00. The van der Waals surface area contributed by atoms with E-state index in [1.807, 2.05) is 0 Å². The van der Waals surface area contributed by atoms with Crippen LogP contribution in [0, 0.1) is 13.8 Å². The van der Waals surface area contributed by atoms with E-state index in [1.54, 1.807) is 11.3 Å². The number of rotatable bonds is 6. The number of hydrogen-bond donors (Lipinski definition) is 1. The molecular weight excluding hydrogens is 332 g/mol. The molecule has 0 aliphatic rings. The predicted octanol–water partition coefficient (Wildman–Crippen LogP) is 4.81. The molecule has 1 aromatic carbocycles. The van der Waals surface area contributed by atoms with Gasteiger partial charge in [-0.1, -0.05) is 35.0 Å². The predicted molar refractivity (Wildman–Crippen MR) is 90.5 cm³/mol. The molecule has 0 spiro atoms. The molecule has 1 heterocycles. The number of nitrogens with one attached hydrogen (secondary N) is 1. The van der Waals surface area contributed by atoms with Crippen LogP contribution in [0.4, 0.5) is 0 Å². The highest BCUT2D eigenvalue weighted by molar-refractivity contribution is 9.10. The summed E-state index contributed by atoms with van der Waals surface area (Å²) in [7, 11) is 0. The van der Waals surface area contributed by atoms with Crippen LogP contribution in [-0.4, -0.2) is 11.5 Å². The number of aromatic nitrogens is 1. The highest BCUT2D eigenvalue weighted by Crippen LogP contribution is 2.25. The third kappa shape index (κ3) is 4.14. The Bertz CT molecular complexity index is 565. The molecule has 1 unspecified atom stereocenters. The molecule has 0 bridgehead atoms. The van der Waals surface area contributed by atoms with Crippen molar-refractivity contribution in [3.63, 3.8) is 0 Å². The lowest BCUT2D eigenvalue weighted by molar-refractivity contribution is 0.528. The molecule has 1 atom stereocenters. The molecule has 0 amide bonds. The van der Waals surface area contributed by atoms with Crippen LogP contribution < -0.4 is 5.32 Å². The Kier molecular flexibility index (Phi) is 5.75. The second-order valence-corrected chi connectivity index (χ2v) is 6.90. The van der Waals surface area contributed by atoms with Crippen molar-refractivity contribution in [2.24, 2.45) is 0 Å². The molecule has 1 aromatic heterocycles. The van der Waals surface area contributed by atoms with Gasteiger partial charge >= 0.3 is 0 Å². The third-order valence-corrected chi connectivity index (χ3v) is 5.15. The van der Waals surface area contributed by atoms with Crippen molar-refractivity contribution < 1.29 is 0 Å². The lowest BCUT2D eigenvalue weighted by Crippen LogP contribution is -2.24. The summed E-state index contributed by atoms with van der Waals surface area (Å²) in [6, 6.07) is 6.94. The van der Waals surface area contributed by atoms with Crippen LogP contribution in [0.1, 0.15) is 41.2 Å². The van der Waals surface area contributed by atoms with Crippen LogP contribution >= 0.6 is 27.3 Å². The molecule has 0 fully saturated rings. The van der Waals surface area contributed by atoms with Crippen molar-refractivity contribution in [1.82, 2.24) is 10.3 Å². The van der Waals surface area contributed by atoms with Crippen molar-refractivity contribution in [2.45, 2.75) is 39.7 Å². The zero-order valence-corrected chi connectivity index (χ0v) is 14.6. The van der Waals surface area contributed by atoms with Crippen molar-refractivity contribution >= 4 is 27.3 Å². The highest BCUT2D eigenvalue weighted by Gasteiger charge is 2.14. The molecule has 1 N–H and O–H groups in total. The Morgan fingerprint density at radius 3 is 2.75 bits per heavy atom.